The molecule has 1 heterocycles. The van der Waals surface area contributed by atoms with E-state index in [4.69, 9.17) is 0 Å². The van der Waals surface area contributed by atoms with Gasteiger partial charge in [0, 0.05) is 11.1 Å². The molecule has 156 valence electrons. The van der Waals surface area contributed by atoms with Gasteiger partial charge in [-0.2, -0.15) is 18.2 Å². The molecule has 1 amide bonds. The number of ketones is 1. The van der Waals surface area contributed by atoms with Crippen molar-refractivity contribution >= 4 is 39.2 Å². The lowest BCUT2D eigenvalue weighted by Crippen LogP contribution is -2.25. The van der Waals surface area contributed by atoms with Gasteiger partial charge in [0.2, 0.25) is 0 Å². The first-order valence-electron chi connectivity index (χ1n) is 8.64. The fourth-order valence-electron chi connectivity index (χ4n) is 2.80. The third-order valence-electron chi connectivity index (χ3n) is 4.41. The highest BCUT2D eigenvalue weighted by atomic mass is 32.1. The van der Waals surface area contributed by atoms with Crippen LogP contribution < -0.4 is 4.80 Å². The lowest BCUT2D eigenvalue weighted by atomic mass is 10.1. The summed E-state index contributed by atoms with van der Waals surface area (Å²) in [6, 6.07) is 7.38. The highest BCUT2D eigenvalue weighted by molar-refractivity contribution is 7.16. The highest BCUT2D eigenvalue weighted by Crippen LogP contribution is 2.29. The van der Waals surface area contributed by atoms with Crippen molar-refractivity contribution in [2.75, 3.05) is 0 Å². The van der Waals surface area contributed by atoms with Crippen LogP contribution in [0.1, 0.15) is 46.2 Å². The second-order valence-corrected chi connectivity index (χ2v) is 7.51. The maximum Gasteiger partial charge on any atom is 0.416 e. The van der Waals surface area contributed by atoms with Gasteiger partial charge in [0.1, 0.15) is 6.04 Å². The lowest BCUT2D eigenvalue weighted by molar-refractivity contribution is -0.140. The lowest BCUT2D eigenvalue weighted by Gasteiger charge is -2.10. The van der Waals surface area contributed by atoms with Crippen LogP contribution in [0.25, 0.3) is 10.2 Å². The van der Waals surface area contributed by atoms with Gasteiger partial charge < -0.3 is 9.67 Å². The first-order valence-corrected chi connectivity index (χ1v) is 9.46. The van der Waals surface area contributed by atoms with Crippen molar-refractivity contribution < 1.29 is 32.7 Å². The summed E-state index contributed by atoms with van der Waals surface area (Å²) in [5, 5.41) is 9.46. The molecule has 0 bridgehead atoms. The Kier molecular flexibility index (Phi) is 5.62. The molecule has 3 rings (SSSR count). The quantitative estimate of drug-likeness (QED) is 0.618. The number of aromatic nitrogens is 1. The number of carboxylic acid groups (broad SMARTS) is 1. The molecule has 1 unspecified atom stereocenters. The van der Waals surface area contributed by atoms with Crippen molar-refractivity contribution in [2.45, 2.75) is 26.1 Å². The molecular weight excluding hydrogens is 421 g/mol. The number of rotatable bonds is 4. The average Bonchev–Trinajstić information content (AvgIpc) is 3.03. The monoisotopic (exact) mass is 436 g/mol. The third kappa shape index (κ3) is 4.18. The molecule has 0 radical (unpaired) electrons. The van der Waals surface area contributed by atoms with E-state index in [9.17, 15) is 32.7 Å². The zero-order chi connectivity index (χ0) is 22.2. The van der Waals surface area contributed by atoms with E-state index in [2.05, 4.69) is 4.99 Å². The number of thiazole rings is 1. The van der Waals surface area contributed by atoms with Crippen LogP contribution in [-0.4, -0.2) is 27.3 Å². The summed E-state index contributed by atoms with van der Waals surface area (Å²) in [6.07, 6.45) is -4.62. The number of carboxylic acids is 1. The fourth-order valence-corrected chi connectivity index (χ4v) is 3.88. The molecule has 3 aromatic rings. The normalized spacial score (nSPS) is 13.4. The smallest absolute Gasteiger partial charge is 0.416 e. The zero-order valence-electron chi connectivity index (χ0n) is 15.7. The van der Waals surface area contributed by atoms with Gasteiger partial charge in [0.05, 0.1) is 15.8 Å². The minimum Gasteiger partial charge on any atom is -0.480 e. The zero-order valence-corrected chi connectivity index (χ0v) is 16.5. The molecule has 0 aliphatic carbocycles. The Balaban J connectivity index is 2.20. The van der Waals surface area contributed by atoms with E-state index in [1.807, 2.05) is 0 Å². The molecule has 30 heavy (non-hydrogen) atoms. The highest BCUT2D eigenvalue weighted by Gasteiger charge is 2.31. The van der Waals surface area contributed by atoms with Crippen LogP contribution in [0, 0.1) is 0 Å². The van der Waals surface area contributed by atoms with Gasteiger partial charge in [-0.1, -0.05) is 17.4 Å². The fraction of sp³-hybridized carbons (Fsp3) is 0.200. The van der Waals surface area contributed by atoms with Crippen LogP contribution in [0.5, 0.6) is 0 Å². The van der Waals surface area contributed by atoms with Crippen molar-refractivity contribution in [2.24, 2.45) is 4.99 Å². The van der Waals surface area contributed by atoms with Crippen molar-refractivity contribution in [1.29, 1.82) is 0 Å². The van der Waals surface area contributed by atoms with Crippen LogP contribution in [0.3, 0.4) is 0 Å². The number of hydrogen-bond donors (Lipinski definition) is 1. The molecule has 0 spiro atoms. The van der Waals surface area contributed by atoms with E-state index in [-0.39, 0.29) is 16.1 Å². The maximum absolute atomic E-state index is 12.9. The Labute approximate surface area is 171 Å². The molecule has 0 saturated heterocycles. The second-order valence-electron chi connectivity index (χ2n) is 6.50. The number of fused-ring (bicyclic) bond motifs is 1. The number of nitrogens with zero attached hydrogens (tertiary/aromatic N) is 2. The summed E-state index contributed by atoms with van der Waals surface area (Å²) in [5.41, 5.74) is -0.528. The Hall–Kier alpha value is -3.27. The van der Waals surface area contributed by atoms with Crippen LogP contribution in [0.15, 0.2) is 47.5 Å². The molecule has 0 aliphatic heterocycles. The minimum absolute atomic E-state index is 0.00279. The number of amides is 1. The van der Waals surface area contributed by atoms with Gasteiger partial charge in [0.25, 0.3) is 5.91 Å². The summed E-state index contributed by atoms with van der Waals surface area (Å²) in [6.45, 7) is 2.74. The van der Waals surface area contributed by atoms with Crippen LogP contribution >= 0.6 is 11.3 Å². The van der Waals surface area contributed by atoms with Gasteiger partial charge in [-0.05, 0) is 50.2 Å². The van der Waals surface area contributed by atoms with Crippen molar-refractivity contribution in [3.63, 3.8) is 0 Å². The van der Waals surface area contributed by atoms with Gasteiger partial charge in [-0.15, -0.1) is 0 Å². The van der Waals surface area contributed by atoms with Crippen LogP contribution in [0.2, 0.25) is 0 Å². The standard InChI is InChI=1S/C20H15F3N2O4S/c1-10(18(28)29)25-15-9-12(11(2)26)6-7-16(15)30-19(25)24-17(27)13-4-3-5-14(8-13)20(21,22)23/h3-10H,1-2H3,(H,28,29)/b24-19-. The third-order valence-corrected chi connectivity index (χ3v) is 5.45. The first kappa shape index (κ1) is 21.4. The molecule has 1 aromatic heterocycles. The Bertz CT molecular complexity index is 1240. The number of Topliss-reactive ketones (excluding diaryl/α,β-unsaturated/α-hetero) is 1. The Morgan fingerprint density at radius 1 is 1.10 bits per heavy atom. The SMILES string of the molecule is CC(=O)c1ccc2s/c(=N\C(=O)c3cccc(C(F)(F)F)c3)n(C(C)C(=O)O)c2c1. The molecular formula is C20H15F3N2O4S. The van der Waals surface area contributed by atoms with Gasteiger partial charge in [-0.3, -0.25) is 9.59 Å². The molecule has 10 heteroatoms. The molecule has 0 fully saturated rings. The molecule has 1 atom stereocenters. The van der Waals surface area contributed by atoms with Gasteiger partial charge >= 0.3 is 12.1 Å². The molecule has 0 aliphatic rings. The van der Waals surface area contributed by atoms with Crippen LogP contribution in [-0.2, 0) is 11.0 Å². The molecule has 0 saturated carbocycles. The summed E-state index contributed by atoms with van der Waals surface area (Å²) >= 11 is 1.00. The maximum atomic E-state index is 12.9. The molecule has 1 N–H and O–H groups in total. The number of carbonyl (C=O) groups excluding carboxylic acids is 2. The predicted molar refractivity (Wildman–Crippen MR) is 104 cm³/mol. The number of carbonyl (C=O) groups is 3. The van der Waals surface area contributed by atoms with E-state index >= 15 is 0 Å². The summed E-state index contributed by atoms with van der Waals surface area (Å²) in [7, 11) is 0. The largest absolute Gasteiger partial charge is 0.480 e. The van der Waals surface area contributed by atoms with E-state index in [0.717, 1.165) is 23.5 Å². The predicted octanol–water partition coefficient (Wildman–Crippen LogP) is 4.31. The summed E-state index contributed by atoms with van der Waals surface area (Å²) in [4.78, 5) is 39.7. The summed E-state index contributed by atoms with van der Waals surface area (Å²) in [5.74, 6) is -2.36. The van der Waals surface area contributed by atoms with E-state index in [1.165, 1.54) is 30.5 Å². The van der Waals surface area contributed by atoms with Gasteiger partial charge in [-0.25, -0.2) is 4.79 Å². The number of benzene rings is 2. The van der Waals surface area contributed by atoms with Crippen molar-refractivity contribution in [1.82, 2.24) is 4.57 Å². The van der Waals surface area contributed by atoms with Crippen molar-refractivity contribution in [3.05, 3.63) is 64.0 Å². The van der Waals surface area contributed by atoms with E-state index in [0.29, 0.717) is 21.8 Å². The Morgan fingerprint density at radius 2 is 1.80 bits per heavy atom. The Morgan fingerprint density at radius 3 is 2.40 bits per heavy atom. The number of hydrogen-bond acceptors (Lipinski definition) is 4. The first-order chi connectivity index (χ1) is 14.0. The topological polar surface area (TPSA) is 88.7 Å². The van der Waals surface area contributed by atoms with Crippen LogP contribution in [0.4, 0.5) is 13.2 Å². The molecule has 6 nitrogen and oxygen atoms in total. The minimum atomic E-state index is -4.62. The van der Waals surface area contributed by atoms with E-state index in [1.54, 1.807) is 12.1 Å². The number of alkyl halides is 3. The summed E-state index contributed by atoms with van der Waals surface area (Å²) < 4.78 is 40.6. The van der Waals surface area contributed by atoms with E-state index < -0.39 is 29.7 Å². The van der Waals surface area contributed by atoms with Crippen molar-refractivity contribution in [3.8, 4) is 0 Å². The number of halogens is 3. The average molecular weight is 436 g/mol. The second kappa shape index (κ2) is 7.86. The molecule has 2 aromatic carbocycles. The van der Waals surface area contributed by atoms with Gasteiger partial charge in [0.15, 0.2) is 10.6 Å². The number of aliphatic carboxylic acids is 1.